The minimum atomic E-state index is -0.156. The second kappa shape index (κ2) is 13.2. The number of fused-ring (bicyclic) bond motifs is 13. The molecule has 0 N–H and O–H groups in total. The highest BCUT2D eigenvalue weighted by molar-refractivity contribution is 7.27. The third-order valence-electron chi connectivity index (χ3n) is 13.1. The molecule has 12 aromatic rings. The molecule has 1 nitrogen and oxygen atoms in total. The summed E-state index contributed by atoms with van der Waals surface area (Å²) in [4.78, 5) is 2.45. The predicted molar refractivity (Wildman–Crippen MR) is 268 cm³/mol. The summed E-state index contributed by atoms with van der Waals surface area (Å²) in [6.07, 6.45) is 0. The average molecular weight is 832 g/mol. The first-order chi connectivity index (χ1) is 30.0. The van der Waals surface area contributed by atoms with Gasteiger partial charge in [-0.3, -0.25) is 0 Å². The van der Waals surface area contributed by atoms with Crippen LogP contribution in [0.1, 0.15) is 25.0 Å². The Morgan fingerprint density at radius 2 is 0.787 bits per heavy atom. The molecule has 0 aliphatic heterocycles. The van der Waals surface area contributed by atoms with Crippen LogP contribution in [0.5, 0.6) is 0 Å². The molecule has 0 radical (unpaired) electrons. The smallest absolute Gasteiger partial charge is 0.0465 e. The van der Waals surface area contributed by atoms with Crippen LogP contribution >= 0.6 is 34.0 Å². The standard InChI is InChI=1S/C57H37NS3/c1-57(2)48-32-31-46-43-13-5-8-20-52(43)61-56(46)53(48)47-30-29-38(33-49(47)57)58(36-25-21-34(22-26-36)39-14-9-16-44-41-11-3-6-18-50(41)59-54(39)44)37-27-23-35(24-28-37)40-15-10-17-45-42-12-4-7-19-51(42)60-55(40)45/h3-33H,1-2H3. The number of hydrogen-bond acceptors (Lipinski definition) is 4. The largest absolute Gasteiger partial charge is 0.310 e. The van der Waals surface area contributed by atoms with Crippen molar-refractivity contribution in [3.05, 3.63) is 199 Å². The van der Waals surface area contributed by atoms with E-state index in [2.05, 4.69) is 207 Å². The highest BCUT2D eigenvalue weighted by Crippen LogP contribution is 2.55. The van der Waals surface area contributed by atoms with E-state index in [0.717, 1.165) is 17.1 Å². The Balaban J connectivity index is 0.956. The number of benzene rings is 9. The Kier molecular flexibility index (Phi) is 7.63. The van der Waals surface area contributed by atoms with Crippen LogP contribution in [0.2, 0.25) is 0 Å². The zero-order chi connectivity index (χ0) is 40.4. The maximum atomic E-state index is 2.46. The van der Waals surface area contributed by atoms with Crippen LogP contribution in [-0.4, -0.2) is 0 Å². The summed E-state index contributed by atoms with van der Waals surface area (Å²) < 4.78 is 8.07. The zero-order valence-corrected chi connectivity index (χ0v) is 36.0. The molecular formula is C57H37NS3. The number of thiophene rings is 3. The van der Waals surface area contributed by atoms with Gasteiger partial charge in [0.2, 0.25) is 0 Å². The van der Waals surface area contributed by atoms with Gasteiger partial charge in [0.05, 0.1) is 0 Å². The minimum Gasteiger partial charge on any atom is -0.310 e. The lowest BCUT2D eigenvalue weighted by Gasteiger charge is -2.28. The molecule has 13 rings (SSSR count). The third-order valence-corrected chi connectivity index (χ3v) is 16.7. The molecule has 1 aliphatic rings. The van der Waals surface area contributed by atoms with Crippen molar-refractivity contribution in [2.24, 2.45) is 0 Å². The van der Waals surface area contributed by atoms with Crippen molar-refractivity contribution in [2.75, 3.05) is 4.90 Å². The second-order valence-electron chi connectivity index (χ2n) is 16.8. The first kappa shape index (κ1) is 35.2. The Morgan fingerprint density at radius 3 is 1.31 bits per heavy atom. The van der Waals surface area contributed by atoms with Crippen LogP contribution in [-0.2, 0) is 5.41 Å². The summed E-state index contributed by atoms with van der Waals surface area (Å²) in [5.74, 6) is 0. The SMILES string of the molecule is CC1(C)c2cc(N(c3ccc(-c4cccc5c4sc4ccccc45)cc3)c3ccc(-c4cccc5c4sc4ccccc45)cc3)ccc2-c2c1ccc1c2sc2ccccc21. The van der Waals surface area contributed by atoms with E-state index in [0.29, 0.717) is 0 Å². The molecule has 0 spiro atoms. The van der Waals surface area contributed by atoms with Crippen molar-refractivity contribution in [3.8, 4) is 33.4 Å². The van der Waals surface area contributed by atoms with Gasteiger partial charge in [0.1, 0.15) is 0 Å². The molecule has 0 fully saturated rings. The van der Waals surface area contributed by atoms with E-state index >= 15 is 0 Å². The lowest BCUT2D eigenvalue weighted by Crippen LogP contribution is -2.16. The molecule has 288 valence electrons. The summed E-state index contributed by atoms with van der Waals surface area (Å²) >= 11 is 5.70. The fourth-order valence-electron chi connectivity index (χ4n) is 10.1. The van der Waals surface area contributed by atoms with Crippen molar-refractivity contribution in [1.29, 1.82) is 0 Å². The summed E-state index contributed by atoms with van der Waals surface area (Å²) in [5.41, 5.74) is 13.8. The molecule has 0 unspecified atom stereocenters. The van der Waals surface area contributed by atoms with Crippen molar-refractivity contribution < 1.29 is 0 Å². The summed E-state index contributed by atoms with van der Waals surface area (Å²) in [5, 5.41) is 8.00. The van der Waals surface area contributed by atoms with E-state index in [1.807, 2.05) is 34.0 Å². The highest BCUT2D eigenvalue weighted by Gasteiger charge is 2.38. The molecule has 4 heteroatoms. The topological polar surface area (TPSA) is 3.24 Å². The number of rotatable bonds is 5. The van der Waals surface area contributed by atoms with Gasteiger partial charge in [0, 0.05) is 88.6 Å². The lowest BCUT2D eigenvalue weighted by molar-refractivity contribution is 0.661. The van der Waals surface area contributed by atoms with Crippen molar-refractivity contribution in [1.82, 2.24) is 0 Å². The highest BCUT2D eigenvalue weighted by atomic mass is 32.1. The van der Waals surface area contributed by atoms with Gasteiger partial charge < -0.3 is 4.90 Å². The molecule has 9 aromatic carbocycles. The molecule has 0 saturated heterocycles. The van der Waals surface area contributed by atoms with Crippen LogP contribution in [0, 0.1) is 0 Å². The molecule has 61 heavy (non-hydrogen) atoms. The normalized spacial score (nSPS) is 13.2. The maximum absolute atomic E-state index is 2.46. The van der Waals surface area contributed by atoms with Crippen LogP contribution in [0.15, 0.2) is 188 Å². The van der Waals surface area contributed by atoms with Gasteiger partial charge in [0.25, 0.3) is 0 Å². The van der Waals surface area contributed by atoms with E-state index in [1.165, 1.54) is 105 Å². The Morgan fingerprint density at radius 1 is 0.344 bits per heavy atom. The average Bonchev–Trinajstić information content (AvgIpc) is 4.05. The van der Waals surface area contributed by atoms with Gasteiger partial charge in [-0.25, -0.2) is 0 Å². The first-order valence-corrected chi connectivity index (χ1v) is 23.4. The molecule has 0 atom stereocenters. The zero-order valence-electron chi connectivity index (χ0n) is 33.6. The van der Waals surface area contributed by atoms with E-state index in [-0.39, 0.29) is 5.41 Å². The summed E-state index contributed by atoms with van der Waals surface area (Å²) in [6, 6.07) is 70.3. The number of anilines is 3. The van der Waals surface area contributed by atoms with E-state index in [4.69, 9.17) is 0 Å². The van der Waals surface area contributed by atoms with Crippen molar-refractivity contribution >= 4 is 112 Å². The van der Waals surface area contributed by atoms with Gasteiger partial charge in [-0.1, -0.05) is 147 Å². The minimum absolute atomic E-state index is 0.156. The Bertz CT molecular complexity index is 3570. The summed E-state index contributed by atoms with van der Waals surface area (Å²) in [7, 11) is 0. The first-order valence-electron chi connectivity index (χ1n) is 20.9. The molecule has 0 saturated carbocycles. The van der Waals surface area contributed by atoms with Crippen LogP contribution in [0.3, 0.4) is 0 Å². The lowest BCUT2D eigenvalue weighted by atomic mass is 9.82. The van der Waals surface area contributed by atoms with Crippen molar-refractivity contribution in [2.45, 2.75) is 19.3 Å². The fourth-order valence-corrected chi connectivity index (χ4v) is 13.8. The van der Waals surface area contributed by atoms with E-state index in [9.17, 15) is 0 Å². The van der Waals surface area contributed by atoms with Gasteiger partial charge >= 0.3 is 0 Å². The molecule has 3 aromatic heterocycles. The Labute approximate surface area is 366 Å². The summed E-state index contributed by atoms with van der Waals surface area (Å²) in [6.45, 7) is 4.80. The van der Waals surface area contributed by atoms with Crippen LogP contribution < -0.4 is 4.90 Å². The molecular weight excluding hydrogens is 795 g/mol. The van der Waals surface area contributed by atoms with E-state index in [1.54, 1.807) is 0 Å². The predicted octanol–water partition coefficient (Wildman–Crippen LogP) is 17.9. The van der Waals surface area contributed by atoms with Crippen molar-refractivity contribution in [3.63, 3.8) is 0 Å². The van der Waals surface area contributed by atoms with Gasteiger partial charge in [0.15, 0.2) is 0 Å². The molecule has 0 amide bonds. The van der Waals surface area contributed by atoms with Crippen LogP contribution in [0.25, 0.3) is 93.9 Å². The maximum Gasteiger partial charge on any atom is 0.0465 e. The second-order valence-corrected chi connectivity index (χ2v) is 20.0. The fraction of sp³-hybridized carbons (Fsp3) is 0.0526. The van der Waals surface area contributed by atoms with E-state index < -0.39 is 0 Å². The van der Waals surface area contributed by atoms with Gasteiger partial charge in [-0.15, -0.1) is 34.0 Å². The molecule has 3 heterocycles. The molecule has 1 aliphatic carbocycles. The quantitative estimate of drug-likeness (QED) is 0.167. The Hall–Kier alpha value is -6.56. The van der Waals surface area contributed by atoms with Crippen LogP contribution in [0.4, 0.5) is 17.1 Å². The molecule has 0 bridgehead atoms. The number of nitrogens with zero attached hydrogens (tertiary/aromatic N) is 1. The monoisotopic (exact) mass is 831 g/mol. The third kappa shape index (κ3) is 5.23. The van der Waals surface area contributed by atoms with Gasteiger partial charge in [-0.2, -0.15) is 0 Å². The number of hydrogen-bond donors (Lipinski definition) is 0. The van der Waals surface area contributed by atoms with Gasteiger partial charge in [-0.05, 0) is 93.5 Å².